The van der Waals surface area contributed by atoms with Crippen molar-refractivity contribution in [2.45, 2.75) is 6.42 Å². The highest BCUT2D eigenvalue weighted by Gasteiger charge is 2.29. The monoisotopic (exact) mass is 338 g/mol. The van der Waals surface area contributed by atoms with E-state index in [0.29, 0.717) is 24.5 Å². The van der Waals surface area contributed by atoms with Gasteiger partial charge in [0.25, 0.3) is 15.8 Å². The van der Waals surface area contributed by atoms with Crippen LogP contribution in [0.1, 0.15) is 6.42 Å². The van der Waals surface area contributed by atoms with E-state index in [-0.39, 0.29) is 5.56 Å². The van der Waals surface area contributed by atoms with Crippen molar-refractivity contribution in [1.82, 2.24) is 19.3 Å². The van der Waals surface area contributed by atoms with Crippen molar-refractivity contribution in [2.24, 2.45) is 18.1 Å². The number of rotatable bonds is 5. The zero-order valence-electron chi connectivity index (χ0n) is 12.6. The van der Waals surface area contributed by atoms with E-state index in [4.69, 9.17) is 5.14 Å². The molecule has 0 amide bonds. The lowest BCUT2D eigenvalue weighted by Gasteiger charge is -2.40. The first-order valence-corrected chi connectivity index (χ1v) is 8.73. The van der Waals surface area contributed by atoms with Crippen molar-refractivity contribution in [2.75, 3.05) is 24.5 Å². The van der Waals surface area contributed by atoms with Gasteiger partial charge in [-0.2, -0.15) is 8.42 Å². The Hall–Kier alpha value is -2.04. The zero-order valence-corrected chi connectivity index (χ0v) is 13.5. The second-order valence-corrected chi connectivity index (χ2v) is 7.04. The molecule has 0 aliphatic carbocycles. The largest absolute Gasteiger partial charge is 0.355 e. The van der Waals surface area contributed by atoms with Crippen LogP contribution in [0.4, 0.5) is 5.82 Å². The van der Waals surface area contributed by atoms with Gasteiger partial charge in [-0.1, -0.05) is 0 Å². The van der Waals surface area contributed by atoms with Crippen LogP contribution in [0, 0.1) is 5.92 Å². The number of aryl methyl sites for hydroxylation is 1. The van der Waals surface area contributed by atoms with Gasteiger partial charge in [0.05, 0.1) is 5.39 Å². The Kier molecular flexibility index (Phi) is 4.04. The van der Waals surface area contributed by atoms with E-state index in [1.165, 1.54) is 17.0 Å². The number of hydrogen-bond acceptors (Lipinski definition) is 6. The maximum atomic E-state index is 11.7. The van der Waals surface area contributed by atoms with Crippen molar-refractivity contribution in [1.29, 1.82) is 0 Å². The molecular weight excluding hydrogens is 320 g/mol. The summed E-state index contributed by atoms with van der Waals surface area (Å²) in [5, 5.41) is 5.72. The minimum atomic E-state index is -3.62. The SMILES string of the molecule is Cn1c(=O)ccc2c(N3CC(CCNS(N)(=O)=O)C3)ncnc21. The molecule has 0 atom stereocenters. The molecule has 2 aromatic rings. The Bertz CT molecular complexity index is 888. The lowest BCUT2D eigenvalue weighted by Crippen LogP contribution is -2.48. The fourth-order valence-corrected chi connectivity index (χ4v) is 3.15. The number of anilines is 1. The molecule has 0 radical (unpaired) electrons. The first kappa shape index (κ1) is 15.8. The number of fused-ring (bicyclic) bond motifs is 1. The predicted octanol–water partition coefficient (Wildman–Crippen LogP) is -1.05. The summed E-state index contributed by atoms with van der Waals surface area (Å²) in [5.74, 6) is 1.17. The zero-order chi connectivity index (χ0) is 16.6. The highest BCUT2D eigenvalue weighted by molar-refractivity contribution is 7.87. The highest BCUT2D eigenvalue weighted by Crippen LogP contribution is 2.29. The van der Waals surface area contributed by atoms with Crippen molar-refractivity contribution < 1.29 is 8.42 Å². The molecule has 3 rings (SSSR count). The standard InChI is InChI=1S/C13H18N6O3S/c1-18-11(20)3-2-10-12(18)15-8-16-13(10)19-6-9(7-19)4-5-17-23(14,21)22/h2-3,8-9,17H,4-7H2,1H3,(H2,14,21,22). The molecule has 0 aromatic carbocycles. The number of nitrogens with zero attached hydrogens (tertiary/aromatic N) is 4. The second kappa shape index (κ2) is 5.87. The number of nitrogens with two attached hydrogens (primary N) is 1. The Balaban J connectivity index is 1.70. The van der Waals surface area contributed by atoms with Crippen LogP contribution in [0.15, 0.2) is 23.3 Å². The van der Waals surface area contributed by atoms with Crippen LogP contribution in [-0.2, 0) is 17.3 Å². The van der Waals surface area contributed by atoms with Gasteiger partial charge in [-0.3, -0.25) is 9.36 Å². The van der Waals surface area contributed by atoms with Crippen LogP contribution < -0.4 is 20.3 Å². The molecule has 1 saturated heterocycles. The van der Waals surface area contributed by atoms with E-state index in [1.807, 2.05) is 0 Å². The van der Waals surface area contributed by atoms with Crippen molar-refractivity contribution in [3.05, 3.63) is 28.8 Å². The average Bonchev–Trinajstić information content (AvgIpc) is 2.44. The molecule has 1 fully saturated rings. The smallest absolute Gasteiger partial charge is 0.274 e. The van der Waals surface area contributed by atoms with Crippen molar-refractivity contribution in [3.63, 3.8) is 0 Å². The van der Waals surface area contributed by atoms with Gasteiger partial charge < -0.3 is 4.90 Å². The first-order valence-electron chi connectivity index (χ1n) is 7.18. The molecule has 1 aliphatic rings. The summed E-state index contributed by atoms with van der Waals surface area (Å²) in [6.45, 7) is 1.89. The minimum absolute atomic E-state index is 0.113. The summed E-state index contributed by atoms with van der Waals surface area (Å²) in [6.07, 6.45) is 2.17. The van der Waals surface area contributed by atoms with E-state index in [0.717, 1.165) is 24.3 Å². The normalized spacial score (nSPS) is 15.8. The highest BCUT2D eigenvalue weighted by atomic mass is 32.2. The lowest BCUT2D eigenvalue weighted by atomic mass is 9.96. The summed E-state index contributed by atoms with van der Waals surface area (Å²) < 4.78 is 25.4. The van der Waals surface area contributed by atoms with Gasteiger partial charge in [-0.15, -0.1) is 0 Å². The fraction of sp³-hybridized carbons (Fsp3) is 0.462. The Morgan fingerprint density at radius 2 is 2.09 bits per heavy atom. The van der Waals surface area contributed by atoms with Crippen LogP contribution in [0.5, 0.6) is 0 Å². The molecule has 0 unspecified atom stereocenters. The quantitative estimate of drug-likeness (QED) is 0.717. The van der Waals surface area contributed by atoms with Crippen LogP contribution in [-0.4, -0.2) is 42.6 Å². The summed E-state index contributed by atoms with van der Waals surface area (Å²) in [7, 11) is -1.94. The molecule has 0 bridgehead atoms. The maximum absolute atomic E-state index is 11.7. The Labute approximate surface area is 133 Å². The van der Waals surface area contributed by atoms with E-state index >= 15 is 0 Å². The molecule has 0 spiro atoms. The first-order chi connectivity index (χ1) is 10.8. The molecule has 1 aliphatic heterocycles. The summed E-state index contributed by atoms with van der Waals surface area (Å²) in [4.78, 5) is 22.3. The third kappa shape index (κ3) is 3.33. The average molecular weight is 338 g/mol. The molecule has 2 aromatic heterocycles. The van der Waals surface area contributed by atoms with E-state index < -0.39 is 10.2 Å². The van der Waals surface area contributed by atoms with Gasteiger partial charge in [-0.25, -0.2) is 19.8 Å². The van der Waals surface area contributed by atoms with Gasteiger partial charge in [0, 0.05) is 32.7 Å². The topological polar surface area (TPSA) is 123 Å². The summed E-state index contributed by atoms with van der Waals surface area (Å²) in [5.41, 5.74) is 0.486. The molecule has 10 heteroatoms. The fourth-order valence-electron chi connectivity index (χ4n) is 2.75. The van der Waals surface area contributed by atoms with E-state index in [1.54, 1.807) is 13.1 Å². The van der Waals surface area contributed by atoms with Crippen molar-refractivity contribution in [3.8, 4) is 0 Å². The minimum Gasteiger partial charge on any atom is -0.355 e. The number of pyridine rings is 1. The number of nitrogens with one attached hydrogen (secondary N) is 1. The van der Waals surface area contributed by atoms with Crippen molar-refractivity contribution >= 4 is 27.1 Å². The molecule has 0 saturated carbocycles. The molecule has 3 heterocycles. The van der Waals surface area contributed by atoms with Gasteiger partial charge >= 0.3 is 0 Å². The lowest BCUT2D eigenvalue weighted by molar-refractivity contribution is 0.382. The van der Waals surface area contributed by atoms with E-state index in [2.05, 4.69) is 19.6 Å². The second-order valence-electron chi connectivity index (χ2n) is 5.66. The van der Waals surface area contributed by atoms with Gasteiger partial charge in [0.15, 0.2) is 0 Å². The van der Waals surface area contributed by atoms with E-state index in [9.17, 15) is 13.2 Å². The molecular formula is C13H18N6O3S. The van der Waals surface area contributed by atoms with Crippen LogP contribution >= 0.6 is 0 Å². The van der Waals surface area contributed by atoms with Gasteiger partial charge in [-0.05, 0) is 18.4 Å². The van der Waals surface area contributed by atoms with Gasteiger partial charge in [0.1, 0.15) is 17.8 Å². The number of aromatic nitrogens is 3. The third-order valence-corrected chi connectivity index (χ3v) is 4.60. The molecule has 9 nitrogen and oxygen atoms in total. The maximum Gasteiger partial charge on any atom is 0.274 e. The predicted molar refractivity (Wildman–Crippen MR) is 86.2 cm³/mol. The summed E-state index contributed by atoms with van der Waals surface area (Å²) >= 11 is 0. The number of hydrogen-bond donors (Lipinski definition) is 2. The van der Waals surface area contributed by atoms with Crippen LogP contribution in [0.3, 0.4) is 0 Å². The molecule has 3 N–H and O–H groups in total. The molecule has 23 heavy (non-hydrogen) atoms. The van der Waals surface area contributed by atoms with Gasteiger partial charge in [0.2, 0.25) is 0 Å². The molecule has 124 valence electrons. The van der Waals surface area contributed by atoms with Crippen LogP contribution in [0.25, 0.3) is 11.0 Å². The summed E-state index contributed by atoms with van der Waals surface area (Å²) in [6, 6.07) is 3.24. The Morgan fingerprint density at radius 1 is 1.35 bits per heavy atom. The Morgan fingerprint density at radius 3 is 2.78 bits per heavy atom. The third-order valence-electron chi connectivity index (χ3n) is 4.00. The van der Waals surface area contributed by atoms with Crippen LogP contribution in [0.2, 0.25) is 0 Å².